The number of ether oxygens (including phenoxy) is 1. The summed E-state index contributed by atoms with van der Waals surface area (Å²) in [7, 11) is 0. The van der Waals surface area contributed by atoms with Gasteiger partial charge in [-0.2, -0.15) is 5.10 Å². The van der Waals surface area contributed by atoms with Crippen LogP contribution in [0.25, 0.3) is 17.0 Å². The largest absolute Gasteiger partial charge is 0.396 e. The van der Waals surface area contributed by atoms with E-state index < -0.39 is 6.43 Å². The monoisotopic (exact) mass is 376 g/mol. The van der Waals surface area contributed by atoms with E-state index in [1.54, 1.807) is 12.3 Å². The maximum absolute atomic E-state index is 13.0. The van der Waals surface area contributed by atoms with Crippen LogP contribution in [0.1, 0.15) is 18.5 Å². The lowest BCUT2D eigenvalue weighted by atomic mass is 10.2. The van der Waals surface area contributed by atoms with Crippen LogP contribution < -0.4 is 4.90 Å². The molecule has 1 aliphatic rings. The molecule has 3 aromatic rings. The van der Waals surface area contributed by atoms with Gasteiger partial charge in [-0.1, -0.05) is 0 Å². The first-order valence-corrected chi connectivity index (χ1v) is 8.58. The Balaban J connectivity index is 1.66. The molecule has 1 unspecified atom stereocenters. The van der Waals surface area contributed by atoms with Crippen LogP contribution in [-0.4, -0.2) is 62.1 Å². The molecule has 1 N–H and O–H groups in total. The Morgan fingerprint density at radius 3 is 2.96 bits per heavy atom. The van der Waals surface area contributed by atoms with Gasteiger partial charge < -0.3 is 14.7 Å². The predicted molar refractivity (Wildman–Crippen MR) is 92.6 cm³/mol. The third-order valence-corrected chi connectivity index (χ3v) is 4.44. The summed E-state index contributed by atoms with van der Waals surface area (Å²) in [5, 5.41) is 13.1. The molecule has 8 nitrogen and oxygen atoms in total. The number of hydrogen-bond donors (Lipinski definition) is 1. The highest BCUT2D eigenvalue weighted by atomic mass is 19.3. The SMILES string of the molecule is OCCC1CN(c2cc(-c3cnc4ccc(C(F)F)nn34)ncn2)CCO1. The first-order valence-electron chi connectivity index (χ1n) is 8.58. The molecule has 0 bridgehead atoms. The number of anilines is 1. The molecule has 4 heterocycles. The Morgan fingerprint density at radius 1 is 1.26 bits per heavy atom. The standard InChI is InChI=1S/C17H18F2N6O2/c18-17(19)12-1-2-15-20-8-14(25(15)23-12)13-7-16(22-10-21-13)24-4-6-27-11(9-24)3-5-26/h1-2,7-8,10-11,17,26H,3-6,9H2. The van der Waals surface area contributed by atoms with Crippen molar-refractivity contribution in [3.05, 3.63) is 36.4 Å². The lowest BCUT2D eigenvalue weighted by Gasteiger charge is -2.33. The van der Waals surface area contributed by atoms with Gasteiger partial charge >= 0.3 is 0 Å². The second-order valence-electron chi connectivity index (χ2n) is 6.18. The quantitative estimate of drug-likeness (QED) is 0.725. The molecule has 0 radical (unpaired) electrons. The van der Waals surface area contributed by atoms with E-state index in [2.05, 4.69) is 25.0 Å². The molecule has 1 saturated heterocycles. The number of aromatic nitrogens is 5. The minimum Gasteiger partial charge on any atom is -0.396 e. The van der Waals surface area contributed by atoms with Crippen molar-refractivity contribution < 1.29 is 18.6 Å². The van der Waals surface area contributed by atoms with Crippen molar-refractivity contribution >= 4 is 11.5 Å². The molecule has 0 spiro atoms. The summed E-state index contributed by atoms with van der Waals surface area (Å²) >= 11 is 0. The molecule has 0 saturated carbocycles. The zero-order chi connectivity index (χ0) is 18.8. The van der Waals surface area contributed by atoms with Gasteiger partial charge in [-0.3, -0.25) is 0 Å². The summed E-state index contributed by atoms with van der Waals surface area (Å²) < 4.78 is 33.0. The summed E-state index contributed by atoms with van der Waals surface area (Å²) in [5.41, 5.74) is 1.19. The second kappa shape index (κ2) is 7.49. The first-order chi connectivity index (χ1) is 13.2. The number of rotatable bonds is 5. The number of alkyl halides is 2. The van der Waals surface area contributed by atoms with Crippen LogP contribution in [0.2, 0.25) is 0 Å². The van der Waals surface area contributed by atoms with Crippen LogP contribution in [0, 0.1) is 0 Å². The van der Waals surface area contributed by atoms with Crippen molar-refractivity contribution in [3.8, 4) is 11.4 Å². The number of hydrogen-bond acceptors (Lipinski definition) is 7. The third kappa shape index (κ3) is 3.58. The number of halogens is 2. The van der Waals surface area contributed by atoms with E-state index in [-0.39, 0.29) is 18.4 Å². The zero-order valence-corrected chi connectivity index (χ0v) is 14.4. The molecular weight excluding hydrogens is 358 g/mol. The maximum atomic E-state index is 13.0. The topological polar surface area (TPSA) is 88.7 Å². The van der Waals surface area contributed by atoms with Crippen molar-refractivity contribution in [1.82, 2.24) is 24.6 Å². The molecule has 4 rings (SSSR count). The van der Waals surface area contributed by atoms with E-state index in [4.69, 9.17) is 9.84 Å². The van der Waals surface area contributed by atoms with Crippen molar-refractivity contribution in [2.75, 3.05) is 31.2 Å². The average Bonchev–Trinajstić information content (AvgIpc) is 3.12. The van der Waals surface area contributed by atoms with E-state index in [0.29, 0.717) is 49.0 Å². The zero-order valence-electron chi connectivity index (χ0n) is 14.4. The summed E-state index contributed by atoms with van der Waals surface area (Å²) in [6.45, 7) is 1.88. The van der Waals surface area contributed by atoms with Gasteiger partial charge in [-0.15, -0.1) is 0 Å². The fourth-order valence-corrected chi connectivity index (χ4v) is 3.08. The van der Waals surface area contributed by atoms with E-state index in [1.165, 1.54) is 23.0 Å². The minimum atomic E-state index is -2.66. The maximum Gasteiger partial charge on any atom is 0.282 e. The first kappa shape index (κ1) is 17.7. The lowest BCUT2D eigenvalue weighted by molar-refractivity contribution is 0.0244. The van der Waals surface area contributed by atoms with Crippen LogP contribution in [0.3, 0.4) is 0 Å². The molecule has 10 heteroatoms. The molecule has 27 heavy (non-hydrogen) atoms. The Bertz CT molecular complexity index is 933. The molecule has 1 fully saturated rings. The third-order valence-electron chi connectivity index (χ3n) is 4.44. The number of aliphatic hydroxyl groups excluding tert-OH is 1. The van der Waals surface area contributed by atoms with Crippen molar-refractivity contribution in [1.29, 1.82) is 0 Å². The number of aliphatic hydroxyl groups is 1. The molecule has 0 amide bonds. The van der Waals surface area contributed by atoms with E-state index in [1.807, 2.05) is 0 Å². The summed E-state index contributed by atoms with van der Waals surface area (Å²) in [5.74, 6) is 0.700. The molecule has 1 atom stereocenters. The van der Waals surface area contributed by atoms with Crippen LogP contribution in [0.15, 0.2) is 30.7 Å². The van der Waals surface area contributed by atoms with Gasteiger partial charge in [0.1, 0.15) is 23.5 Å². The summed E-state index contributed by atoms with van der Waals surface area (Å²) in [4.78, 5) is 14.8. The smallest absolute Gasteiger partial charge is 0.282 e. The summed E-state index contributed by atoms with van der Waals surface area (Å²) in [6, 6.07) is 4.54. The Hall–Kier alpha value is -2.72. The van der Waals surface area contributed by atoms with Crippen molar-refractivity contribution in [2.24, 2.45) is 0 Å². The molecule has 0 aromatic carbocycles. The van der Waals surface area contributed by atoms with Gasteiger partial charge in [0.25, 0.3) is 6.43 Å². The predicted octanol–water partition coefficient (Wildman–Crippen LogP) is 1.71. The molecule has 142 valence electrons. The number of fused-ring (bicyclic) bond motifs is 1. The molecular formula is C17H18F2N6O2. The van der Waals surface area contributed by atoms with Gasteiger partial charge in [0, 0.05) is 25.8 Å². The second-order valence-corrected chi connectivity index (χ2v) is 6.18. The number of imidazole rings is 1. The summed E-state index contributed by atoms with van der Waals surface area (Å²) in [6.07, 6.45) is 0.813. The number of nitrogens with zero attached hydrogens (tertiary/aromatic N) is 6. The highest BCUT2D eigenvalue weighted by Crippen LogP contribution is 2.24. The van der Waals surface area contributed by atoms with E-state index in [0.717, 1.165) is 0 Å². The van der Waals surface area contributed by atoms with Gasteiger partial charge in [-0.25, -0.2) is 28.2 Å². The molecule has 1 aliphatic heterocycles. The Labute approximate surface area is 153 Å². The fraction of sp³-hybridized carbons (Fsp3) is 0.412. The van der Waals surface area contributed by atoms with Crippen LogP contribution in [0.4, 0.5) is 14.6 Å². The van der Waals surface area contributed by atoms with Crippen LogP contribution in [0.5, 0.6) is 0 Å². The van der Waals surface area contributed by atoms with Crippen molar-refractivity contribution in [3.63, 3.8) is 0 Å². The van der Waals surface area contributed by atoms with Gasteiger partial charge in [0.15, 0.2) is 5.65 Å². The van der Waals surface area contributed by atoms with Gasteiger partial charge in [0.05, 0.1) is 24.6 Å². The average molecular weight is 376 g/mol. The Kier molecular flexibility index (Phi) is 4.90. The molecule has 0 aliphatic carbocycles. The highest BCUT2D eigenvalue weighted by molar-refractivity contribution is 5.62. The van der Waals surface area contributed by atoms with Crippen LogP contribution >= 0.6 is 0 Å². The molecule has 3 aromatic heterocycles. The van der Waals surface area contributed by atoms with E-state index in [9.17, 15) is 8.78 Å². The minimum absolute atomic E-state index is 0.0618. The van der Waals surface area contributed by atoms with E-state index >= 15 is 0 Å². The Morgan fingerprint density at radius 2 is 2.15 bits per heavy atom. The highest BCUT2D eigenvalue weighted by Gasteiger charge is 2.22. The van der Waals surface area contributed by atoms with Gasteiger partial charge in [0.2, 0.25) is 0 Å². The van der Waals surface area contributed by atoms with Crippen molar-refractivity contribution in [2.45, 2.75) is 19.0 Å². The lowest BCUT2D eigenvalue weighted by Crippen LogP contribution is -2.43. The normalized spacial score (nSPS) is 17.8. The van der Waals surface area contributed by atoms with Gasteiger partial charge in [-0.05, 0) is 18.6 Å². The fourth-order valence-electron chi connectivity index (χ4n) is 3.08. The number of morpholine rings is 1. The van der Waals surface area contributed by atoms with Crippen LogP contribution in [-0.2, 0) is 4.74 Å².